The maximum atomic E-state index is 12.5. The van der Waals surface area contributed by atoms with Crippen LogP contribution in [-0.2, 0) is 11.3 Å². The molecule has 4 rings (SSSR count). The summed E-state index contributed by atoms with van der Waals surface area (Å²) in [6.45, 7) is 6.28. The molecule has 0 aliphatic carbocycles. The molecule has 0 aliphatic rings. The zero-order valence-electron chi connectivity index (χ0n) is 22.1. The standard InChI is InChI=1S/C27H27ClF3N5O4/c1-26(2,3)40-25(37)35(4)12-13-36-11-10-21-23(36)24(33-16-32-21)34-17-8-9-22(20(28)14-17)38-18-6-5-7-19(15-18)39-27(29,30)31/h5-11,14-16H,12-13H2,1-4H3,(H,32,33,34). The van der Waals surface area contributed by atoms with Crippen molar-refractivity contribution in [2.45, 2.75) is 39.3 Å². The molecule has 9 nitrogen and oxygen atoms in total. The van der Waals surface area contributed by atoms with E-state index in [2.05, 4.69) is 20.0 Å². The van der Waals surface area contributed by atoms with Crippen LogP contribution in [0, 0.1) is 0 Å². The fourth-order valence-electron chi connectivity index (χ4n) is 3.66. The zero-order valence-corrected chi connectivity index (χ0v) is 22.9. The van der Waals surface area contributed by atoms with Crippen molar-refractivity contribution in [1.82, 2.24) is 19.4 Å². The van der Waals surface area contributed by atoms with Gasteiger partial charge in [0.15, 0.2) is 5.82 Å². The predicted octanol–water partition coefficient (Wildman–Crippen LogP) is 7.39. The molecule has 0 aliphatic heterocycles. The number of nitrogens with zero attached hydrogens (tertiary/aromatic N) is 4. The third-order valence-electron chi connectivity index (χ3n) is 5.39. The summed E-state index contributed by atoms with van der Waals surface area (Å²) in [5, 5.41) is 3.43. The molecular weight excluding hydrogens is 551 g/mol. The molecule has 13 heteroatoms. The van der Waals surface area contributed by atoms with Gasteiger partial charge in [-0.2, -0.15) is 0 Å². The molecule has 0 radical (unpaired) electrons. The van der Waals surface area contributed by atoms with Gasteiger partial charge in [-0.05, 0) is 57.2 Å². The van der Waals surface area contributed by atoms with Crippen LogP contribution in [0.3, 0.4) is 0 Å². The third-order valence-corrected chi connectivity index (χ3v) is 5.69. The zero-order chi connectivity index (χ0) is 29.1. The van der Waals surface area contributed by atoms with Gasteiger partial charge in [0.2, 0.25) is 0 Å². The second-order valence-corrected chi connectivity index (χ2v) is 10.2. The number of fused-ring (bicyclic) bond motifs is 1. The van der Waals surface area contributed by atoms with E-state index in [9.17, 15) is 18.0 Å². The van der Waals surface area contributed by atoms with Gasteiger partial charge in [-0.1, -0.05) is 17.7 Å². The highest BCUT2D eigenvalue weighted by molar-refractivity contribution is 6.32. The Morgan fingerprint density at radius 3 is 2.52 bits per heavy atom. The number of hydrogen-bond donors (Lipinski definition) is 1. The van der Waals surface area contributed by atoms with E-state index in [4.69, 9.17) is 21.1 Å². The highest BCUT2D eigenvalue weighted by Crippen LogP contribution is 2.35. The first-order valence-electron chi connectivity index (χ1n) is 12.1. The summed E-state index contributed by atoms with van der Waals surface area (Å²) < 4.78 is 54.5. The molecule has 40 heavy (non-hydrogen) atoms. The van der Waals surface area contributed by atoms with Gasteiger partial charge in [0.25, 0.3) is 0 Å². The molecule has 212 valence electrons. The predicted molar refractivity (Wildman–Crippen MR) is 144 cm³/mol. The first kappa shape index (κ1) is 28.8. The minimum Gasteiger partial charge on any atom is -0.456 e. The molecule has 2 aromatic heterocycles. The van der Waals surface area contributed by atoms with Gasteiger partial charge in [-0.15, -0.1) is 13.2 Å². The van der Waals surface area contributed by atoms with Crippen LogP contribution in [0.15, 0.2) is 61.1 Å². The Morgan fingerprint density at radius 1 is 1.07 bits per heavy atom. The lowest BCUT2D eigenvalue weighted by atomic mass is 10.2. The Bertz CT molecular complexity index is 1500. The molecule has 4 aromatic rings. The van der Waals surface area contributed by atoms with Gasteiger partial charge in [0.05, 0.1) is 10.5 Å². The van der Waals surface area contributed by atoms with E-state index >= 15 is 0 Å². The van der Waals surface area contributed by atoms with E-state index in [1.54, 1.807) is 25.2 Å². The van der Waals surface area contributed by atoms with Crippen LogP contribution in [0.5, 0.6) is 17.2 Å². The lowest BCUT2D eigenvalue weighted by molar-refractivity contribution is -0.274. The van der Waals surface area contributed by atoms with Crippen LogP contribution in [0.4, 0.5) is 29.5 Å². The number of carbonyl (C=O) groups excluding carboxylic acids is 1. The van der Waals surface area contributed by atoms with Crippen LogP contribution in [0.25, 0.3) is 11.0 Å². The molecule has 0 fully saturated rings. The maximum Gasteiger partial charge on any atom is 0.573 e. The molecule has 0 saturated carbocycles. The normalized spacial score (nSPS) is 11.8. The average molecular weight is 578 g/mol. The Morgan fingerprint density at radius 2 is 1.82 bits per heavy atom. The second kappa shape index (κ2) is 11.5. The summed E-state index contributed by atoms with van der Waals surface area (Å²) >= 11 is 6.42. The number of anilines is 2. The number of hydrogen-bond acceptors (Lipinski definition) is 7. The van der Waals surface area contributed by atoms with E-state index in [1.165, 1.54) is 29.4 Å². The first-order valence-corrected chi connectivity index (χ1v) is 12.5. The third kappa shape index (κ3) is 7.69. The fraction of sp³-hybridized carbons (Fsp3) is 0.296. The van der Waals surface area contributed by atoms with Gasteiger partial charge in [-0.25, -0.2) is 14.8 Å². The molecule has 2 aromatic carbocycles. The maximum absolute atomic E-state index is 12.5. The number of benzene rings is 2. The summed E-state index contributed by atoms with van der Waals surface area (Å²) in [6.07, 6.45) is -1.95. The number of ether oxygens (including phenoxy) is 3. The highest BCUT2D eigenvalue weighted by Gasteiger charge is 2.31. The Kier molecular flexibility index (Phi) is 8.29. The van der Waals surface area contributed by atoms with Crippen molar-refractivity contribution in [3.63, 3.8) is 0 Å². The summed E-state index contributed by atoms with van der Waals surface area (Å²) in [5.41, 5.74) is 1.41. The monoisotopic (exact) mass is 577 g/mol. The second-order valence-electron chi connectivity index (χ2n) is 9.76. The van der Waals surface area contributed by atoms with Crippen molar-refractivity contribution < 1.29 is 32.2 Å². The van der Waals surface area contributed by atoms with Crippen LogP contribution in [-0.4, -0.2) is 51.1 Å². The molecule has 0 unspecified atom stereocenters. The van der Waals surface area contributed by atoms with Gasteiger partial charge < -0.3 is 29.0 Å². The van der Waals surface area contributed by atoms with E-state index < -0.39 is 23.8 Å². The smallest absolute Gasteiger partial charge is 0.456 e. The molecule has 0 bridgehead atoms. The van der Waals surface area contributed by atoms with E-state index in [0.717, 1.165) is 11.6 Å². The largest absolute Gasteiger partial charge is 0.573 e. The first-order chi connectivity index (χ1) is 18.8. The van der Waals surface area contributed by atoms with Crippen molar-refractivity contribution in [3.8, 4) is 17.2 Å². The van der Waals surface area contributed by atoms with Crippen LogP contribution in [0.1, 0.15) is 20.8 Å². The average Bonchev–Trinajstić information content (AvgIpc) is 3.26. The quantitative estimate of drug-likeness (QED) is 0.233. The topological polar surface area (TPSA) is 90.7 Å². The number of alkyl halides is 3. The molecule has 1 amide bonds. The summed E-state index contributed by atoms with van der Waals surface area (Å²) in [7, 11) is 1.67. The van der Waals surface area contributed by atoms with Gasteiger partial charge in [0.1, 0.15) is 34.7 Å². The van der Waals surface area contributed by atoms with Crippen molar-refractivity contribution in [3.05, 3.63) is 66.1 Å². The molecule has 0 atom stereocenters. The molecular formula is C27H27ClF3N5O4. The minimum absolute atomic E-state index is 0.121. The molecule has 1 N–H and O–H groups in total. The number of carbonyl (C=O) groups is 1. The van der Waals surface area contributed by atoms with Crippen LogP contribution in [0.2, 0.25) is 5.02 Å². The van der Waals surface area contributed by atoms with E-state index in [0.29, 0.717) is 30.1 Å². The Balaban J connectivity index is 1.48. The fourth-order valence-corrected chi connectivity index (χ4v) is 3.88. The van der Waals surface area contributed by atoms with Gasteiger partial charge in [0, 0.05) is 38.1 Å². The van der Waals surface area contributed by atoms with E-state index in [1.807, 2.05) is 37.6 Å². The van der Waals surface area contributed by atoms with Crippen LogP contribution < -0.4 is 14.8 Å². The summed E-state index contributed by atoms with van der Waals surface area (Å²) in [6, 6.07) is 11.9. The minimum atomic E-state index is -4.82. The van der Waals surface area contributed by atoms with Crippen LogP contribution >= 0.6 is 11.6 Å². The van der Waals surface area contributed by atoms with Crippen molar-refractivity contribution in [2.75, 3.05) is 18.9 Å². The summed E-state index contributed by atoms with van der Waals surface area (Å²) in [5.74, 6) is 0.456. The lowest BCUT2D eigenvalue weighted by Crippen LogP contribution is -2.35. The number of aromatic nitrogens is 3. The van der Waals surface area contributed by atoms with Crippen molar-refractivity contribution >= 4 is 40.2 Å². The number of likely N-dealkylation sites (N-methyl/N-ethyl adjacent to an activating group) is 1. The van der Waals surface area contributed by atoms with Crippen molar-refractivity contribution in [2.24, 2.45) is 0 Å². The molecule has 0 saturated heterocycles. The lowest BCUT2D eigenvalue weighted by Gasteiger charge is -2.24. The Labute approximate surface area is 233 Å². The Hall–Kier alpha value is -4.19. The number of amides is 1. The SMILES string of the molecule is CN(CCn1ccc2ncnc(Nc3ccc(Oc4cccc(OC(F)(F)F)c4)c(Cl)c3)c21)C(=O)OC(C)(C)C. The van der Waals surface area contributed by atoms with E-state index in [-0.39, 0.29) is 16.5 Å². The molecule has 0 spiro atoms. The number of halogens is 4. The highest BCUT2D eigenvalue weighted by atomic mass is 35.5. The molecule has 2 heterocycles. The number of rotatable bonds is 8. The van der Waals surface area contributed by atoms with Gasteiger partial charge >= 0.3 is 12.5 Å². The number of nitrogens with one attached hydrogen (secondary N) is 1. The van der Waals surface area contributed by atoms with Gasteiger partial charge in [-0.3, -0.25) is 0 Å². The van der Waals surface area contributed by atoms with Crippen molar-refractivity contribution in [1.29, 1.82) is 0 Å². The summed E-state index contributed by atoms with van der Waals surface area (Å²) in [4.78, 5) is 22.5.